The fourth-order valence-corrected chi connectivity index (χ4v) is 0.979. The van der Waals surface area contributed by atoms with Crippen LogP contribution in [0.15, 0.2) is 0 Å². The van der Waals surface area contributed by atoms with E-state index in [9.17, 15) is 17.6 Å². The zero-order valence-corrected chi connectivity index (χ0v) is 5.66. The summed E-state index contributed by atoms with van der Waals surface area (Å²) in [6, 6.07) is 0. The van der Waals surface area contributed by atoms with Gasteiger partial charge in [-0.05, 0) is 12.8 Å². The van der Waals surface area contributed by atoms with E-state index in [2.05, 4.69) is 0 Å². The van der Waals surface area contributed by atoms with Gasteiger partial charge < -0.3 is 5.11 Å². The summed E-state index contributed by atoms with van der Waals surface area (Å²) in [6.07, 6.45) is -3.70. The lowest BCUT2D eigenvalue weighted by atomic mass is 10.00. The summed E-state index contributed by atoms with van der Waals surface area (Å²) in [5.74, 6) is -4.03. The largest absolute Gasteiger partial charge is 0.396 e. The lowest BCUT2D eigenvalue weighted by Gasteiger charge is -2.23. The maximum Gasteiger partial charge on any atom is 0.315 e. The molecule has 0 aliphatic heterocycles. The van der Waals surface area contributed by atoms with Gasteiger partial charge in [-0.25, -0.2) is 8.78 Å². The summed E-state index contributed by atoms with van der Waals surface area (Å²) in [7, 11) is 0. The van der Waals surface area contributed by atoms with Crippen molar-refractivity contribution in [2.45, 2.75) is 25.2 Å². The first-order valence-electron chi connectivity index (χ1n) is 3.23. The van der Waals surface area contributed by atoms with Crippen LogP contribution in [0.3, 0.4) is 0 Å². The normalized spacial score (nSPS) is 22.4. The Hall–Kier alpha value is -0.320. The molecule has 0 amide bonds. The second kappa shape index (κ2) is 2.33. The molecule has 1 saturated carbocycles. The maximum atomic E-state index is 12.5. The summed E-state index contributed by atoms with van der Waals surface area (Å²) in [6.45, 7) is -0.857. The number of hydrogen-bond acceptors (Lipinski definition) is 1. The minimum absolute atomic E-state index is 0.0131. The van der Waals surface area contributed by atoms with E-state index < -0.39 is 24.4 Å². The Bertz CT molecular complexity index is 153. The number of halogens is 4. The van der Waals surface area contributed by atoms with Crippen molar-refractivity contribution in [1.82, 2.24) is 0 Å². The zero-order valence-electron chi connectivity index (χ0n) is 5.66. The highest BCUT2D eigenvalue weighted by molar-refractivity contribution is 5.04. The number of rotatable bonds is 3. The van der Waals surface area contributed by atoms with Crippen LogP contribution in [-0.2, 0) is 0 Å². The van der Waals surface area contributed by atoms with Crippen molar-refractivity contribution in [2.24, 2.45) is 5.41 Å². The van der Waals surface area contributed by atoms with E-state index >= 15 is 0 Å². The van der Waals surface area contributed by atoms with Gasteiger partial charge in [0.2, 0.25) is 0 Å². The van der Waals surface area contributed by atoms with Gasteiger partial charge in [0.15, 0.2) is 0 Å². The summed E-state index contributed by atoms with van der Waals surface area (Å²) >= 11 is 0. The smallest absolute Gasteiger partial charge is 0.315 e. The molecule has 1 aliphatic rings. The molecule has 0 atom stereocenters. The third-order valence-electron chi connectivity index (χ3n) is 2.14. The lowest BCUT2D eigenvalue weighted by molar-refractivity contribution is -0.184. The Morgan fingerprint density at radius 1 is 1.36 bits per heavy atom. The summed E-state index contributed by atoms with van der Waals surface area (Å²) in [5, 5.41) is 8.43. The Kier molecular flexibility index (Phi) is 1.86. The topological polar surface area (TPSA) is 20.2 Å². The fourth-order valence-electron chi connectivity index (χ4n) is 0.979. The van der Waals surface area contributed by atoms with E-state index in [-0.39, 0.29) is 12.8 Å². The van der Waals surface area contributed by atoms with Crippen LogP contribution in [-0.4, -0.2) is 24.1 Å². The van der Waals surface area contributed by atoms with E-state index in [1.165, 1.54) is 0 Å². The summed E-state index contributed by atoms with van der Waals surface area (Å²) in [5.41, 5.74) is -1.82. The first kappa shape index (κ1) is 8.77. The first-order valence-corrected chi connectivity index (χ1v) is 3.23. The van der Waals surface area contributed by atoms with Crippen LogP contribution < -0.4 is 0 Å². The summed E-state index contributed by atoms with van der Waals surface area (Å²) in [4.78, 5) is 0. The average Bonchev–Trinajstić information content (AvgIpc) is 2.66. The highest BCUT2D eigenvalue weighted by Gasteiger charge is 2.66. The second-order valence-electron chi connectivity index (χ2n) is 2.86. The molecular formula is C6H8F4O. The van der Waals surface area contributed by atoms with Crippen LogP contribution in [0, 0.1) is 5.41 Å². The molecule has 1 aliphatic carbocycles. The van der Waals surface area contributed by atoms with Gasteiger partial charge in [0, 0.05) is 0 Å². The van der Waals surface area contributed by atoms with Crippen molar-refractivity contribution < 1.29 is 22.7 Å². The minimum atomic E-state index is -4.03. The number of hydrogen-bond donors (Lipinski definition) is 1. The third kappa shape index (κ3) is 1.11. The Morgan fingerprint density at radius 3 is 1.91 bits per heavy atom. The molecule has 0 aromatic heterocycles. The summed E-state index contributed by atoms with van der Waals surface area (Å²) < 4.78 is 48.3. The average molecular weight is 172 g/mol. The fraction of sp³-hybridized carbons (Fsp3) is 1.00. The highest BCUT2D eigenvalue weighted by atomic mass is 19.3. The van der Waals surface area contributed by atoms with Gasteiger partial charge in [-0.3, -0.25) is 0 Å². The van der Waals surface area contributed by atoms with Crippen LogP contribution >= 0.6 is 0 Å². The minimum Gasteiger partial charge on any atom is -0.396 e. The van der Waals surface area contributed by atoms with E-state index in [1.807, 2.05) is 0 Å². The Labute approximate surface area is 61.0 Å². The third-order valence-corrected chi connectivity index (χ3v) is 2.14. The molecule has 0 saturated heterocycles. The van der Waals surface area contributed by atoms with Crippen LogP contribution in [0.2, 0.25) is 0 Å². The van der Waals surface area contributed by atoms with E-state index in [1.54, 1.807) is 0 Å². The van der Waals surface area contributed by atoms with Gasteiger partial charge in [0.05, 0.1) is 12.0 Å². The van der Waals surface area contributed by atoms with E-state index in [0.29, 0.717) is 0 Å². The van der Waals surface area contributed by atoms with Crippen LogP contribution in [0.4, 0.5) is 17.6 Å². The molecule has 1 N–H and O–H groups in total. The molecule has 0 heterocycles. The predicted octanol–water partition coefficient (Wildman–Crippen LogP) is 1.66. The highest BCUT2D eigenvalue weighted by Crippen LogP contribution is 2.58. The molecule has 1 fully saturated rings. The second-order valence-corrected chi connectivity index (χ2v) is 2.86. The molecule has 66 valence electrons. The van der Waals surface area contributed by atoms with Crippen LogP contribution in [0.1, 0.15) is 12.8 Å². The molecule has 11 heavy (non-hydrogen) atoms. The predicted molar refractivity (Wildman–Crippen MR) is 29.7 cm³/mol. The van der Waals surface area contributed by atoms with Crippen LogP contribution in [0.5, 0.6) is 0 Å². The van der Waals surface area contributed by atoms with E-state index in [0.717, 1.165) is 0 Å². The molecule has 0 aromatic rings. The molecule has 0 bridgehead atoms. The van der Waals surface area contributed by atoms with Gasteiger partial charge in [-0.2, -0.15) is 8.78 Å². The van der Waals surface area contributed by atoms with Gasteiger partial charge in [0.1, 0.15) is 0 Å². The van der Waals surface area contributed by atoms with Crippen molar-refractivity contribution in [3.8, 4) is 0 Å². The zero-order chi connectivity index (χ0) is 8.70. The molecular weight excluding hydrogens is 164 g/mol. The molecule has 1 rings (SSSR count). The standard InChI is InChI=1S/C6H8F4O/c7-4(8)6(9,10)5(3-11)1-2-5/h4,11H,1-3H2. The van der Waals surface area contributed by atoms with Crippen molar-refractivity contribution in [3.63, 3.8) is 0 Å². The number of aliphatic hydroxyl groups is 1. The van der Waals surface area contributed by atoms with E-state index in [4.69, 9.17) is 5.11 Å². The lowest BCUT2D eigenvalue weighted by Crippen LogP contribution is -2.39. The van der Waals surface area contributed by atoms with Crippen LogP contribution in [0.25, 0.3) is 0 Å². The van der Waals surface area contributed by atoms with Crippen molar-refractivity contribution >= 4 is 0 Å². The molecule has 0 aromatic carbocycles. The SMILES string of the molecule is OCC1(C(F)(F)C(F)F)CC1. The monoisotopic (exact) mass is 172 g/mol. The Balaban J connectivity index is 2.71. The molecule has 0 spiro atoms. The van der Waals surface area contributed by atoms with Gasteiger partial charge in [0.25, 0.3) is 0 Å². The van der Waals surface area contributed by atoms with Crippen molar-refractivity contribution in [1.29, 1.82) is 0 Å². The first-order chi connectivity index (χ1) is 4.96. The van der Waals surface area contributed by atoms with Crippen molar-refractivity contribution in [3.05, 3.63) is 0 Å². The molecule has 5 heteroatoms. The number of alkyl halides is 4. The van der Waals surface area contributed by atoms with Gasteiger partial charge in [-0.1, -0.05) is 0 Å². The quantitative estimate of drug-likeness (QED) is 0.642. The number of aliphatic hydroxyl groups excluding tert-OH is 1. The molecule has 0 unspecified atom stereocenters. The van der Waals surface area contributed by atoms with Crippen molar-refractivity contribution in [2.75, 3.05) is 6.61 Å². The molecule has 0 radical (unpaired) electrons. The maximum absolute atomic E-state index is 12.5. The van der Waals surface area contributed by atoms with Gasteiger partial charge in [-0.15, -0.1) is 0 Å². The molecule has 1 nitrogen and oxygen atoms in total. The van der Waals surface area contributed by atoms with Gasteiger partial charge >= 0.3 is 12.3 Å². The Morgan fingerprint density at radius 2 is 1.82 bits per heavy atom.